The highest BCUT2D eigenvalue weighted by Crippen LogP contribution is 2.40. The van der Waals surface area contributed by atoms with Gasteiger partial charge in [-0.2, -0.15) is 0 Å². The molecular formula is C16H19BrN4O. The molecule has 0 spiro atoms. The second kappa shape index (κ2) is 6.60. The van der Waals surface area contributed by atoms with Crippen LogP contribution in [0.5, 0.6) is 0 Å². The molecule has 1 saturated carbocycles. The Morgan fingerprint density at radius 3 is 2.82 bits per heavy atom. The van der Waals surface area contributed by atoms with Crippen LogP contribution in [0.15, 0.2) is 34.9 Å². The van der Waals surface area contributed by atoms with Gasteiger partial charge in [-0.25, -0.2) is 4.68 Å². The summed E-state index contributed by atoms with van der Waals surface area (Å²) in [6.07, 6.45) is 6.59. The van der Waals surface area contributed by atoms with Gasteiger partial charge in [-0.15, -0.1) is 5.10 Å². The van der Waals surface area contributed by atoms with Crippen molar-refractivity contribution in [3.8, 4) is 5.69 Å². The molecule has 1 aromatic heterocycles. The molecule has 2 aromatic rings. The van der Waals surface area contributed by atoms with Crippen LogP contribution in [0.1, 0.15) is 43.7 Å². The van der Waals surface area contributed by atoms with Crippen LogP contribution in [-0.4, -0.2) is 20.9 Å². The Morgan fingerprint density at radius 2 is 2.09 bits per heavy atom. The number of hydrogen-bond acceptors (Lipinski definition) is 3. The van der Waals surface area contributed by atoms with Gasteiger partial charge in [-0.3, -0.25) is 4.79 Å². The molecule has 3 rings (SSSR count). The molecule has 1 amide bonds. The van der Waals surface area contributed by atoms with Gasteiger partial charge in [0.15, 0.2) is 0 Å². The summed E-state index contributed by atoms with van der Waals surface area (Å²) >= 11 is 3.45. The Bertz CT molecular complexity index is 652. The van der Waals surface area contributed by atoms with Crippen LogP contribution in [-0.2, 0) is 4.79 Å². The van der Waals surface area contributed by atoms with Crippen LogP contribution in [0.4, 0.5) is 0 Å². The van der Waals surface area contributed by atoms with Crippen molar-refractivity contribution in [2.24, 2.45) is 11.7 Å². The molecule has 0 aliphatic heterocycles. The summed E-state index contributed by atoms with van der Waals surface area (Å²) in [5.74, 6) is 0.826. The molecule has 1 fully saturated rings. The Hall–Kier alpha value is -1.69. The highest BCUT2D eigenvalue weighted by Gasteiger charge is 2.28. The molecule has 116 valence electrons. The van der Waals surface area contributed by atoms with E-state index in [1.807, 2.05) is 35.1 Å². The van der Waals surface area contributed by atoms with Gasteiger partial charge in [0.25, 0.3) is 0 Å². The first-order valence-corrected chi connectivity index (χ1v) is 8.37. The Kier molecular flexibility index (Phi) is 4.57. The number of aromatic nitrogens is 3. The topological polar surface area (TPSA) is 73.8 Å². The average Bonchev–Trinajstić information content (AvgIpc) is 3.14. The van der Waals surface area contributed by atoms with Crippen molar-refractivity contribution in [2.75, 3.05) is 0 Å². The summed E-state index contributed by atoms with van der Waals surface area (Å²) in [6.45, 7) is 0. The fourth-order valence-corrected chi connectivity index (χ4v) is 3.52. The second-order valence-corrected chi connectivity index (χ2v) is 6.84. The van der Waals surface area contributed by atoms with Gasteiger partial charge in [-0.05, 0) is 55.9 Å². The normalized spacial score (nSPS) is 21.1. The third kappa shape index (κ3) is 3.38. The number of amides is 1. The van der Waals surface area contributed by atoms with E-state index in [-0.39, 0.29) is 5.91 Å². The average molecular weight is 363 g/mol. The fourth-order valence-electron chi connectivity index (χ4n) is 3.26. The molecule has 0 bridgehead atoms. The predicted octanol–water partition coefficient (Wildman–Crippen LogP) is 3.18. The largest absolute Gasteiger partial charge is 0.370 e. The molecule has 0 saturated heterocycles. The van der Waals surface area contributed by atoms with Gasteiger partial charge in [0, 0.05) is 16.8 Å². The summed E-state index contributed by atoms with van der Waals surface area (Å²) < 4.78 is 2.97. The van der Waals surface area contributed by atoms with E-state index in [1.54, 1.807) is 0 Å². The Balaban J connectivity index is 1.73. The molecule has 1 heterocycles. The minimum Gasteiger partial charge on any atom is -0.370 e. The molecule has 6 heteroatoms. The van der Waals surface area contributed by atoms with Crippen LogP contribution in [0.3, 0.4) is 0 Å². The number of hydrogen-bond donors (Lipinski definition) is 1. The van der Waals surface area contributed by atoms with Gasteiger partial charge in [0.05, 0.1) is 17.6 Å². The summed E-state index contributed by atoms with van der Waals surface area (Å²) in [5, 5.41) is 8.33. The summed E-state index contributed by atoms with van der Waals surface area (Å²) in [7, 11) is 0. The number of nitrogens with zero attached hydrogens (tertiary/aromatic N) is 3. The molecule has 0 unspecified atom stereocenters. The number of benzene rings is 1. The molecule has 2 N–H and O–H groups in total. The van der Waals surface area contributed by atoms with Gasteiger partial charge in [0.1, 0.15) is 0 Å². The van der Waals surface area contributed by atoms with Crippen LogP contribution >= 0.6 is 15.9 Å². The van der Waals surface area contributed by atoms with Crippen LogP contribution < -0.4 is 5.73 Å². The number of carbonyl (C=O) groups excluding carboxylic acids is 1. The van der Waals surface area contributed by atoms with E-state index in [1.165, 1.54) is 0 Å². The van der Waals surface area contributed by atoms with Gasteiger partial charge >= 0.3 is 0 Å². The Morgan fingerprint density at radius 1 is 1.32 bits per heavy atom. The zero-order valence-electron chi connectivity index (χ0n) is 12.3. The van der Waals surface area contributed by atoms with E-state index in [4.69, 9.17) is 5.73 Å². The molecule has 1 aliphatic rings. The Labute approximate surface area is 138 Å². The first-order chi connectivity index (χ1) is 10.6. The lowest BCUT2D eigenvalue weighted by atomic mass is 9.98. The van der Waals surface area contributed by atoms with E-state index in [2.05, 4.69) is 26.2 Å². The standard InChI is InChI=1S/C16H19BrN4O/c17-13-4-6-14(7-5-13)21-15(10-19-20-21)12-3-1-11(9-12)2-8-16(18)22/h4-7,10-12H,1-3,8-9H2,(H2,18,22)/t11-,12+/m0/s1. The lowest BCUT2D eigenvalue weighted by Gasteiger charge is -2.13. The first kappa shape index (κ1) is 15.2. The number of primary amides is 1. The van der Waals surface area contributed by atoms with Crippen LogP contribution in [0.25, 0.3) is 5.69 Å². The highest BCUT2D eigenvalue weighted by atomic mass is 79.9. The molecule has 2 atom stereocenters. The van der Waals surface area contributed by atoms with Gasteiger partial charge < -0.3 is 5.73 Å². The maximum absolute atomic E-state index is 10.9. The fraction of sp³-hybridized carbons (Fsp3) is 0.438. The van der Waals surface area contributed by atoms with Crippen molar-refractivity contribution < 1.29 is 4.79 Å². The first-order valence-electron chi connectivity index (χ1n) is 7.58. The number of nitrogens with two attached hydrogens (primary N) is 1. The van der Waals surface area contributed by atoms with E-state index >= 15 is 0 Å². The lowest BCUT2D eigenvalue weighted by Crippen LogP contribution is -2.12. The van der Waals surface area contributed by atoms with Crippen molar-refractivity contribution in [3.05, 3.63) is 40.6 Å². The van der Waals surface area contributed by atoms with Crippen molar-refractivity contribution in [1.82, 2.24) is 15.0 Å². The summed E-state index contributed by atoms with van der Waals surface area (Å²) in [6, 6.07) is 8.07. The van der Waals surface area contributed by atoms with E-state index in [9.17, 15) is 4.79 Å². The molecular weight excluding hydrogens is 344 g/mol. The number of carbonyl (C=O) groups is 1. The van der Waals surface area contributed by atoms with Crippen LogP contribution in [0.2, 0.25) is 0 Å². The number of halogens is 1. The predicted molar refractivity (Wildman–Crippen MR) is 87.6 cm³/mol. The maximum atomic E-state index is 10.9. The van der Waals surface area contributed by atoms with E-state index in [0.717, 1.165) is 41.5 Å². The minimum absolute atomic E-state index is 0.204. The van der Waals surface area contributed by atoms with E-state index in [0.29, 0.717) is 18.3 Å². The lowest BCUT2D eigenvalue weighted by molar-refractivity contribution is -0.118. The van der Waals surface area contributed by atoms with Gasteiger partial charge in [0.2, 0.25) is 5.91 Å². The monoisotopic (exact) mass is 362 g/mol. The number of rotatable bonds is 5. The van der Waals surface area contributed by atoms with Crippen molar-refractivity contribution in [2.45, 2.75) is 38.0 Å². The second-order valence-electron chi connectivity index (χ2n) is 5.93. The van der Waals surface area contributed by atoms with Crippen molar-refractivity contribution >= 4 is 21.8 Å². The van der Waals surface area contributed by atoms with Crippen molar-refractivity contribution in [1.29, 1.82) is 0 Å². The summed E-state index contributed by atoms with van der Waals surface area (Å²) in [4.78, 5) is 10.9. The molecule has 22 heavy (non-hydrogen) atoms. The third-order valence-electron chi connectivity index (χ3n) is 4.41. The third-order valence-corrected chi connectivity index (χ3v) is 4.93. The highest BCUT2D eigenvalue weighted by molar-refractivity contribution is 9.10. The summed E-state index contributed by atoms with van der Waals surface area (Å²) in [5.41, 5.74) is 7.43. The molecule has 5 nitrogen and oxygen atoms in total. The van der Waals surface area contributed by atoms with Crippen molar-refractivity contribution in [3.63, 3.8) is 0 Å². The van der Waals surface area contributed by atoms with Gasteiger partial charge in [-0.1, -0.05) is 21.1 Å². The minimum atomic E-state index is -0.204. The van der Waals surface area contributed by atoms with Crippen LogP contribution in [0, 0.1) is 5.92 Å². The quantitative estimate of drug-likeness (QED) is 0.887. The SMILES string of the molecule is NC(=O)CC[C@@H]1CC[C@@H](c2cnnn2-c2ccc(Br)cc2)C1. The smallest absolute Gasteiger partial charge is 0.217 e. The molecule has 0 radical (unpaired) electrons. The zero-order valence-corrected chi connectivity index (χ0v) is 13.9. The van der Waals surface area contributed by atoms with E-state index < -0.39 is 0 Å². The molecule has 1 aromatic carbocycles. The zero-order chi connectivity index (χ0) is 15.5. The molecule has 1 aliphatic carbocycles. The maximum Gasteiger partial charge on any atom is 0.217 e.